The standard InChI is InChI=1S/C18H26N2O3/c1-4-9-19(10-5-2)17(21)8-11-20-15-7-6-14(3)12-16(15)23-13-18(20)22/h6-7,12H,4-5,8-11,13H2,1-3H3. The summed E-state index contributed by atoms with van der Waals surface area (Å²) in [5.74, 6) is 0.740. The van der Waals surface area contributed by atoms with Gasteiger partial charge in [-0.05, 0) is 37.5 Å². The summed E-state index contributed by atoms with van der Waals surface area (Å²) in [5, 5.41) is 0. The average molecular weight is 318 g/mol. The van der Waals surface area contributed by atoms with Gasteiger partial charge in [-0.3, -0.25) is 9.59 Å². The highest BCUT2D eigenvalue weighted by Gasteiger charge is 2.26. The summed E-state index contributed by atoms with van der Waals surface area (Å²) in [4.78, 5) is 28.1. The predicted octanol–water partition coefficient (Wildman–Crippen LogP) is 2.76. The van der Waals surface area contributed by atoms with Gasteiger partial charge in [-0.1, -0.05) is 19.9 Å². The van der Waals surface area contributed by atoms with Crippen LogP contribution < -0.4 is 9.64 Å². The zero-order valence-electron chi connectivity index (χ0n) is 14.3. The third-order valence-electron chi connectivity index (χ3n) is 3.95. The van der Waals surface area contributed by atoms with E-state index in [4.69, 9.17) is 4.74 Å². The molecule has 1 aromatic rings. The van der Waals surface area contributed by atoms with Gasteiger partial charge in [0.05, 0.1) is 5.69 Å². The summed E-state index contributed by atoms with van der Waals surface area (Å²) in [5.41, 5.74) is 1.85. The number of ether oxygens (including phenoxy) is 1. The van der Waals surface area contributed by atoms with Crippen molar-refractivity contribution in [3.63, 3.8) is 0 Å². The third kappa shape index (κ3) is 4.24. The molecule has 126 valence electrons. The largest absolute Gasteiger partial charge is 0.482 e. The van der Waals surface area contributed by atoms with E-state index in [0.29, 0.717) is 13.0 Å². The zero-order chi connectivity index (χ0) is 16.8. The highest BCUT2D eigenvalue weighted by atomic mass is 16.5. The summed E-state index contributed by atoms with van der Waals surface area (Å²) >= 11 is 0. The van der Waals surface area contributed by atoms with Gasteiger partial charge in [0.15, 0.2) is 6.61 Å². The van der Waals surface area contributed by atoms with E-state index >= 15 is 0 Å². The lowest BCUT2D eigenvalue weighted by atomic mass is 10.1. The van der Waals surface area contributed by atoms with Gasteiger partial charge in [0.1, 0.15) is 5.75 Å². The van der Waals surface area contributed by atoms with Crippen LogP contribution >= 0.6 is 0 Å². The highest BCUT2D eigenvalue weighted by molar-refractivity contribution is 5.98. The molecule has 5 heteroatoms. The summed E-state index contributed by atoms with van der Waals surface area (Å²) < 4.78 is 5.49. The third-order valence-corrected chi connectivity index (χ3v) is 3.95. The molecular formula is C18H26N2O3. The maximum atomic E-state index is 12.4. The molecule has 1 aliphatic heterocycles. The quantitative estimate of drug-likeness (QED) is 0.777. The van der Waals surface area contributed by atoms with E-state index in [1.807, 2.05) is 30.0 Å². The molecule has 0 fully saturated rings. The predicted molar refractivity (Wildman–Crippen MR) is 90.8 cm³/mol. The molecule has 5 nitrogen and oxygen atoms in total. The SMILES string of the molecule is CCCN(CCC)C(=O)CCN1C(=O)COc2cc(C)ccc21. The van der Waals surface area contributed by atoms with Crippen LogP contribution in [0.3, 0.4) is 0 Å². The number of carbonyl (C=O) groups is 2. The molecule has 1 aromatic carbocycles. The van der Waals surface area contributed by atoms with Crippen molar-refractivity contribution < 1.29 is 14.3 Å². The van der Waals surface area contributed by atoms with E-state index < -0.39 is 0 Å². The van der Waals surface area contributed by atoms with Crippen LogP contribution in [0.1, 0.15) is 38.7 Å². The Morgan fingerprint density at radius 3 is 2.61 bits per heavy atom. The van der Waals surface area contributed by atoms with E-state index in [-0.39, 0.29) is 18.4 Å². The number of hydrogen-bond acceptors (Lipinski definition) is 3. The minimum atomic E-state index is -0.0910. The molecule has 0 saturated heterocycles. The maximum Gasteiger partial charge on any atom is 0.265 e. The maximum absolute atomic E-state index is 12.4. The molecule has 2 amide bonds. The van der Waals surface area contributed by atoms with Gasteiger partial charge >= 0.3 is 0 Å². The molecule has 0 N–H and O–H groups in total. The molecule has 1 aliphatic rings. The van der Waals surface area contributed by atoms with Gasteiger partial charge in [0, 0.05) is 26.1 Å². The molecule has 2 rings (SSSR count). The first-order valence-electron chi connectivity index (χ1n) is 8.38. The van der Waals surface area contributed by atoms with E-state index in [1.54, 1.807) is 4.90 Å². The second-order valence-electron chi connectivity index (χ2n) is 5.94. The first kappa shape index (κ1) is 17.3. The Kier molecular flexibility index (Phi) is 6.02. The smallest absolute Gasteiger partial charge is 0.265 e. The Balaban J connectivity index is 2.05. The van der Waals surface area contributed by atoms with Crippen LogP contribution in [0.4, 0.5) is 5.69 Å². The molecule has 0 atom stereocenters. The van der Waals surface area contributed by atoms with Gasteiger partial charge in [-0.2, -0.15) is 0 Å². The van der Waals surface area contributed by atoms with Crippen LogP contribution in [0.25, 0.3) is 0 Å². The normalized spacial score (nSPS) is 13.5. The summed E-state index contributed by atoms with van der Waals surface area (Å²) in [7, 11) is 0. The minimum Gasteiger partial charge on any atom is -0.482 e. The molecule has 23 heavy (non-hydrogen) atoms. The van der Waals surface area contributed by atoms with Crippen molar-refractivity contribution in [2.24, 2.45) is 0 Å². The number of rotatable bonds is 7. The van der Waals surface area contributed by atoms with Crippen molar-refractivity contribution in [2.45, 2.75) is 40.0 Å². The fourth-order valence-corrected chi connectivity index (χ4v) is 2.82. The van der Waals surface area contributed by atoms with E-state index in [0.717, 1.165) is 42.9 Å². The first-order chi connectivity index (χ1) is 11.1. The monoisotopic (exact) mass is 318 g/mol. The number of amides is 2. The van der Waals surface area contributed by atoms with Gasteiger partial charge in [0.2, 0.25) is 5.91 Å². The summed E-state index contributed by atoms with van der Waals surface area (Å²) in [6.07, 6.45) is 2.24. The topological polar surface area (TPSA) is 49.9 Å². The van der Waals surface area contributed by atoms with Crippen LogP contribution in [0.5, 0.6) is 5.75 Å². The first-order valence-corrected chi connectivity index (χ1v) is 8.38. The van der Waals surface area contributed by atoms with E-state index in [1.165, 1.54) is 0 Å². The molecule has 0 unspecified atom stereocenters. The Morgan fingerprint density at radius 2 is 1.96 bits per heavy atom. The number of anilines is 1. The highest BCUT2D eigenvalue weighted by Crippen LogP contribution is 2.32. The van der Waals surface area contributed by atoms with Gasteiger partial charge < -0.3 is 14.5 Å². The van der Waals surface area contributed by atoms with Crippen molar-refractivity contribution in [1.29, 1.82) is 0 Å². The fourth-order valence-electron chi connectivity index (χ4n) is 2.82. The van der Waals surface area contributed by atoms with Crippen LogP contribution in [-0.2, 0) is 9.59 Å². The zero-order valence-corrected chi connectivity index (χ0v) is 14.3. The molecule has 0 aromatic heterocycles. The van der Waals surface area contributed by atoms with Crippen molar-refractivity contribution in [1.82, 2.24) is 4.90 Å². The van der Waals surface area contributed by atoms with Crippen LogP contribution in [0, 0.1) is 6.92 Å². The number of benzene rings is 1. The second-order valence-corrected chi connectivity index (χ2v) is 5.94. The van der Waals surface area contributed by atoms with Crippen molar-refractivity contribution in [3.05, 3.63) is 23.8 Å². The summed E-state index contributed by atoms with van der Waals surface area (Å²) in [6.45, 7) is 8.12. The lowest BCUT2D eigenvalue weighted by Crippen LogP contribution is -2.42. The van der Waals surface area contributed by atoms with E-state index in [9.17, 15) is 9.59 Å². The van der Waals surface area contributed by atoms with Crippen LogP contribution in [-0.4, -0.2) is 43.0 Å². The molecular weight excluding hydrogens is 292 g/mol. The molecule has 0 spiro atoms. The molecule has 0 bridgehead atoms. The molecule has 0 saturated carbocycles. The van der Waals surface area contributed by atoms with E-state index in [2.05, 4.69) is 13.8 Å². The lowest BCUT2D eigenvalue weighted by Gasteiger charge is -2.30. The fraction of sp³-hybridized carbons (Fsp3) is 0.556. The van der Waals surface area contributed by atoms with Gasteiger partial charge in [-0.15, -0.1) is 0 Å². The second kappa shape index (κ2) is 7.99. The molecule has 0 radical (unpaired) electrons. The van der Waals surface area contributed by atoms with Crippen molar-refractivity contribution in [2.75, 3.05) is 31.1 Å². The number of fused-ring (bicyclic) bond motifs is 1. The Bertz CT molecular complexity index is 565. The Morgan fingerprint density at radius 1 is 1.26 bits per heavy atom. The van der Waals surface area contributed by atoms with Crippen LogP contribution in [0.15, 0.2) is 18.2 Å². The van der Waals surface area contributed by atoms with Crippen molar-refractivity contribution >= 4 is 17.5 Å². The molecule has 0 aliphatic carbocycles. The van der Waals surface area contributed by atoms with Gasteiger partial charge in [0.25, 0.3) is 5.91 Å². The number of aryl methyl sites for hydroxylation is 1. The number of nitrogens with zero attached hydrogens (tertiary/aromatic N) is 2. The lowest BCUT2D eigenvalue weighted by molar-refractivity contribution is -0.131. The summed E-state index contributed by atoms with van der Waals surface area (Å²) in [6, 6.07) is 5.77. The van der Waals surface area contributed by atoms with Gasteiger partial charge in [-0.25, -0.2) is 0 Å². The number of hydrogen-bond donors (Lipinski definition) is 0. The minimum absolute atomic E-state index is 0.0400. The van der Waals surface area contributed by atoms with Crippen molar-refractivity contribution in [3.8, 4) is 5.75 Å². The number of carbonyl (C=O) groups excluding carboxylic acids is 2. The average Bonchev–Trinajstić information content (AvgIpc) is 2.53. The Hall–Kier alpha value is -2.04. The Labute approximate surface area is 138 Å². The molecule has 1 heterocycles. The van der Waals surface area contributed by atoms with Crippen LogP contribution in [0.2, 0.25) is 0 Å².